The van der Waals surface area contributed by atoms with E-state index in [1.54, 1.807) is 11.3 Å². The lowest BCUT2D eigenvalue weighted by molar-refractivity contribution is 0.223. The number of halogens is 1. The number of nitrogens with zero attached hydrogens (tertiary/aromatic N) is 1. The van der Waals surface area contributed by atoms with Crippen molar-refractivity contribution in [2.45, 2.75) is 52.2 Å². The van der Waals surface area contributed by atoms with Crippen molar-refractivity contribution < 1.29 is 13.9 Å². The zero-order valence-corrected chi connectivity index (χ0v) is 22.4. The van der Waals surface area contributed by atoms with Crippen molar-refractivity contribution in [1.82, 2.24) is 4.98 Å². The second-order valence-electron chi connectivity index (χ2n) is 9.49. The second-order valence-corrected chi connectivity index (χ2v) is 14.8. The number of aliphatic hydroxyl groups excluding tert-OH is 1. The molecule has 6 heteroatoms. The molecule has 0 radical (unpaired) electrons. The van der Waals surface area contributed by atoms with E-state index in [9.17, 15) is 9.50 Å². The number of rotatable bonds is 9. The first-order valence-electron chi connectivity index (χ1n) is 11.5. The second kappa shape index (κ2) is 11.4. The van der Waals surface area contributed by atoms with Gasteiger partial charge in [0, 0.05) is 5.38 Å². The third-order valence-electron chi connectivity index (χ3n) is 5.96. The average molecular weight is 496 g/mol. The SMILES string of the molecule is C/C(=C\c1csc(C)n1)[C@H](C/C=C(\F)CO)O[Si](c1ccccc1)(c1ccccc1)C(C)(C)C. The van der Waals surface area contributed by atoms with Crippen LogP contribution in [0.3, 0.4) is 0 Å². The minimum atomic E-state index is -2.84. The molecule has 1 N–H and O–H groups in total. The van der Waals surface area contributed by atoms with Crippen molar-refractivity contribution in [2.24, 2.45) is 0 Å². The van der Waals surface area contributed by atoms with Crippen molar-refractivity contribution in [3.8, 4) is 0 Å². The van der Waals surface area contributed by atoms with Crippen molar-refractivity contribution in [2.75, 3.05) is 6.61 Å². The first-order valence-corrected chi connectivity index (χ1v) is 14.3. The number of aliphatic hydroxyl groups is 1. The van der Waals surface area contributed by atoms with Gasteiger partial charge in [0.15, 0.2) is 0 Å². The van der Waals surface area contributed by atoms with Crippen LogP contribution in [-0.2, 0) is 4.43 Å². The van der Waals surface area contributed by atoms with E-state index >= 15 is 0 Å². The van der Waals surface area contributed by atoms with E-state index < -0.39 is 20.8 Å². The number of hydrogen-bond acceptors (Lipinski definition) is 4. The molecule has 0 spiro atoms. The Bertz CT molecular complexity index is 1080. The quantitative estimate of drug-likeness (QED) is 0.368. The Hall–Kier alpha value is -2.38. The van der Waals surface area contributed by atoms with Crippen molar-refractivity contribution >= 4 is 36.1 Å². The van der Waals surface area contributed by atoms with E-state index in [2.05, 4.69) is 74.3 Å². The highest BCUT2D eigenvalue weighted by Crippen LogP contribution is 2.39. The molecule has 1 atom stereocenters. The molecule has 0 aliphatic carbocycles. The van der Waals surface area contributed by atoms with Crippen LogP contribution >= 0.6 is 11.3 Å². The molecule has 0 bridgehead atoms. The third kappa shape index (κ3) is 5.99. The summed E-state index contributed by atoms with van der Waals surface area (Å²) in [6, 6.07) is 20.8. The molecule has 180 valence electrons. The van der Waals surface area contributed by atoms with E-state index in [1.807, 2.05) is 37.4 Å². The zero-order chi connectivity index (χ0) is 24.8. The first kappa shape index (κ1) is 26.2. The van der Waals surface area contributed by atoms with Crippen LogP contribution in [-0.4, -0.2) is 31.1 Å². The minimum Gasteiger partial charge on any atom is -0.400 e. The number of hydrogen-bond donors (Lipinski definition) is 1. The molecule has 34 heavy (non-hydrogen) atoms. The summed E-state index contributed by atoms with van der Waals surface area (Å²) in [6.45, 7) is 10.1. The highest BCUT2D eigenvalue weighted by Gasteiger charge is 2.51. The van der Waals surface area contributed by atoms with Crippen LogP contribution in [0, 0.1) is 6.92 Å². The Kier molecular flexibility index (Phi) is 8.76. The Balaban J connectivity index is 2.18. The summed E-state index contributed by atoms with van der Waals surface area (Å²) in [4.78, 5) is 4.57. The van der Waals surface area contributed by atoms with Crippen molar-refractivity contribution in [3.05, 3.63) is 94.2 Å². The molecule has 1 heterocycles. The topological polar surface area (TPSA) is 42.4 Å². The van der Waals surface area contributed by atoms with Crippen LogP contribution in [0.2, 0.25) is 5.04 Å². The van der Waals surface area contributed by atoms with Gasteiger partial charge in [-0.15, -0.1) is 11.3 Å². The maximum absolute atomic E-state index is 14.0. The van der Waals surface area contributed by atoms with Gasteiger partial charge in [0.25, 0.3) is 8.32 Å². The van der Waals surface area contributed by atoms with Gasteiger partial charge in [-0.2, -0.15) is 0 Å². The van der Waals surface area contributed by atoms with Gasteiger partial charge in [-0.1, -0.05) is 81.4 Å². The summed E-state index contributed by atoms with van der Waals surface area (Å²) in [7, 11) is -2.84. The normalized spacial score (nSPS) is 14.3. The predicted octanol–water partition coefficient (Wildman–Crippen LogP) is 6.04. The highest BCUT2D eigenvalue weighted by atomic mass is 32.1. The Labute approximate surface area is 207 Å². The van der Waals surface area contributed by atoms with Crippen LogP contribution in [0.5, 0.6) is 0 Å². The van der Waals surface area contributed by atoms with E-state index in [4.69, 9.17) is 4.43 Å². The maximum Gasteiger partial charge on any atom is 0.261 e. The van der Waals surface area contributed by atoms with Gasteiger partial charge in [-0.3, -0.25) is 0 Å². The maximum atomic E-state index is 14.0. The van der Waals surface area contributed by atoms with Crippen LogP contribution in [0.15, 0.2) is 83.5 Å². The van der Waals surface area contributed by atoms with Crippen molar-refractivity contribution in [3.63, 3.8) is 0 Å². The summed E-state index contributed by atoms with van der Waals surface area (Å²) in [5, 5.41) is 14.4. The third-order valence-corrected chi connectivity index (χ3v) is 11.8. The lowest BCUT2D eigenvalue weighted by Gasteiger charge is -2.45. The number of aromatic nitrogens is 1. The van der Waals surface area contributed by atoms with Gasteiger partial charge >= 0.3 is 0 Å². The van der Waals surface area contributed by atoms with E-state index in [-0.39, 0.29) is 11.1 Å². The fraction of sp³-hybridized carbons (Fsp3) is 0.321. The first-order chi connectivity index (χ1) is 16.2. The monoisotopic (exact) mass is 495 g/mol. The summed E-state index contributed by atoms with van der Waals surface area (Å²) in [6.07, 6.45) is 3.40. The van der Waals surface area contributed by atoms with Crippen LogP contribution in [0.25, 0.3) is 6.08 Å². The molecule has 3 rings (SSSR count). The smallest absolute Gasteiger partial charge is 0.261 e. The molecule has 2 aromatic carbocycles. The number of thiazole rings is 1. The Morgan fingerprint density at radius 1 is 1.09 bits per heavy atom. The van der Waals surface area contributed by atoms with E-state index in [0.29, 0.717) is 6.42 Å². The number of aryl methyl sites for hydroxylation is 1. The van der Waals surface area contributed by atoms with Crippen LogP contribution < -0.4 is 10.4 Å². The Morgan fingerprint density at radius 2 is 1.65 bits per heavy atom. The number of benzene rings is 2. The van der Waals surface area contributed by atoms with Crippen LogP contribution in [0.4, 0.5) is 4.39 Å². The van der Waals surface area contributed by atoms with Crippen molar-refractivity contribution in [1.29, 1.82) is 0 Å². The van der Waals surface area contributed by atoms with Gasteiger partial charge in [0.2, 0.25) is 0 Å². The molecule has 0 aliphatic heterocycles. The fourth-order valence-corrected chi connectivity index (χ4v) is 9.60. The summed E-state index contributed by atoms with van der Waals surface area (Å²) in [5.74, 6) is -0.548. The molecule has 0 aliphatic rings. The van der Waals surface area contributed by atoms with Gasteiger partial charge in [-0.05, 0) is 53.4 Å². The minimum absolute atomic E-state index is 0.204. The van der Waals surface area contributed by atoms with E-state index in [1.165, 1.54) is 16.4 Å². The van der Waals surface area contributed by atoms with E-state index in [0.717, 1.165) is 16.3 Å². The molecule has 0 saturated heterocycles. The standard InChI is InChI=1S/C28H34FNO2SSi/c1-21(18-24-20-33-22(2)30-24)27(17-16-23(29)19-31)32-34(28(3,4)5,25-12-8-6-9-13-25)26-14-10-7-11-15-26/h6-16,18,20,27,31H,17,19H2,1-5H3/b21-18+,23-16-/t27-/m0/s1. The summed E-state index contributed by atoms with van der Waals surface area (Å²) >= 11 is 1.60. The van der Waals surface area contributed by atoms with Gasteiger partial charge < -0.3 is 9.53 Å². The van der Waals surface area contributed by atoms with Gasteiger partial charge in [0.1, 0.15) is 5.83 Å². The largest absolute Gasteiger partial charge is 0.400 e. The summed E-state index contributed by atoms with van der Waals surface area (Å²) in [5.41, 5.74) is 1.85. The summed E-state index contributed by atoms with van der Waals surface area (Å²) < 4.78 is 21.3. The molecule has 0 fully saturated rings. The highest BCUT2D eigenvalue weighted by molar-refractivity contribution is 7.09. The fourth-order valence-electron chi connectivity index (χ4n) is 4.30. The van der Waals surface area contributed by atoms with Crippen LogP contribution in [0.1, 0.15) is 44.8 Å². The lowest BCUT2D eigenvalue weighted by Crippen LogP contribution is -2.67. The molecule has 0 amide bonds. The Morgan fingerprint density at radius 3 is 2.09 bits per heavy atom. The molecule has 1 aromatic heterocycles. The average Bonchev–Trinajstić information content (AvgIpc) is 3.23. The molecule has 3 aromatic rings. The van der Waals surface area contributed by atoms with Gasteiger partial charge in [-0.25, -0.2) is 9.37 Å². The molecule has 0 saturated carbocycles. The molecular weight excluding hydrogens is 461 g/mol. The predicted molar refractivity (Wildman–Crippen MR) is 144 cm³/mol. The molecule has 3 nitrogen and oxygen atoms in total. The molecular formula is C28H34FNO2SSi. The molecule has 0 unspecified atom stereocenters. The zero-order valence-electron chi connectivity index (χ0n) is 20.6. The van der Waals surface area contributed by atoms with Gasteiger partial charge in [0.05, 0.1) is 23.4 Å². The lowest BCUT2D eigenvalue weighted by atomic mass is 10.1.